The van der Waals surface area contributed by atoms with E-state index in [0.717, 1.165) is 45.3 Å². The minimum atomic E-state index is 0.384. The fraction of sp³-hybridized carbons (Fsp3) is 0.688. The maximum atomic E-state index is 12.1. The van der Waals surface area contributed by atoms with E-state index in [-0.39, 0.29) is 0 Å². The molecular weight excluding hydrogens is 268 g/mol. The largest absolute Gasteiger partial charge is 0.342 e. The van der Waals surface area contributed by atoms with Gasteiger partial charge in [0.15, 0.2) is 0 Å². The van der Waals surface area contributed by atoms with Crippen molar-refractivity contribution in [1.82, 2.24) is 9.80 Å². The first-order chi connectivity index (χ1) is 9.81. The first-order valence-electron chi connectivity index (χ1n) is 7.89. The van der Waals surface area contributed by atoms with Gasteiger partial charge in [-0.05, 0) is 49.1 Å². The highest BCUT2D eigenvalue weighted by Crippen LogP contribution is 2.33. The molecule has 2 aliphatic heterocycles. The van der Waals surface area contributed by atoms with Crippen LogP contribution in [0.5, 0.6) is 0 Å². The lowest BCUT2D eigenvalue weighted by molar-refractivity contribution is -0.134. The van der Waals surface area contributed by atoms with Crippen molar-refractivity contribution in [2.24, 2.45) is 5.92 Å². The maximum absolute atomic E-state index is 12.1. The summed E-state index contributed by atoms with van der Waals surface area (Å²) < 4.78 is 0. The molecule has 108 valence electrons. The van der Waals surface area contributed by atoms with Crippen LogP contribution in [-0.2, 0) is 17.8 Å². The summed E-state index contributed by atoms with van der Waals surface area (Å²) in [6.45, 7) is 4.29. The number of nitrogens with zero attached hydrogens (tertiary/aromatic N) is 2. The van der Waals surface area contributed by atoms with Crippen LogP contribution < -0.4 is 0 Å². The summed E-state index contributed by atoms with van der Waals surface area (Å²) in [5, 5.41) is 2.23. The fourth-order valence-corrected chi connectivity index (χ4v) is 4.51. The van der Waals surface area contributed by atoms with Gasteiger partial charge in [0, 0.05) is 43.0 Å². The van der Waals surface area contributed by atoms with E-state index in [0.29, 0.717) is 17.9 Å². The van der Waals surface area contributed by atoms with Crippen LogP contribution in [0.2, 0.25) is 0 Å². The summed E-state index contributed by atoms with van der Waals surface area (Å²) in [6, 6.07) is 2.98. The molecule has 0 unspecified atom stereocenters. The zero-order valence-corrected chi connectivity index (χ0v) is 12.7. The van der Waals surface area contributed by atoms with Crippen LogP contribution in [-0.4, -0.2) is 41.4 Å². The molecule has 2 fully saturated rings. The summed E-state index contributed by atoms with van der Waals surface area (Å²) in [7, 11) is 0. The predicted octanol–water partition coefficient (Wildman–Crippen LogP) is 2.51. The number of amides is 1. The summed E-state index contributed by atoms with van der Waals surface area (Å²) in [6.07, 6.45) is 5.81. The lowest BCUT2D eigenvalue weighted by Gasteiger charge is -2.40. The molecule has 0 bridgehead atoms. The summed E-state index contributed by atoms with van der Waals surface area (Å²) in [5.74, 6) is 0.817. The van der Waals surface area contributed by atoms with Gasteiger partial charge in [0.05, 0.1) is 0 Å². The zero-order chi connectivity index (χ0) is 13.5. The van der Waals surface area contributed by atoms with E-state index in [4.69, 9.17) is 0 Å². The van der Waals surface area contributed by atoms with E-state index in [1.165, 1.54) is 18.5 Å². The Kier molecular flexibility index (Phi) is 3.31. The topological polar surface area (TPSA) is 23.6 Å². The van der Waals surface area contributed by atoms with Crippen molar-refractivity contribution in [1.29, 1.82) is 0 Å². The van der Waals surface area contributed by atoms with E-state index >= 15 is 0 Å². The molecule has 0 spiro atoms. The Bertz CT molecular complexity index is 500. The second kappa shape index (κ2) is 5.15. The molecule has 1 amide bonds. The van der Waals surface area contributed by atoms with Gasteiger partial charge in [-0.25, -0.2) is 0 Å². The van der Waals surface area contributed by atoms with Crippen molar-refractivity contribution in [3.8, 4) is 0 Å². The van der Waals surface area contributed by atoms with Gasteiger partial charge in [0.25, 0.3) is 0 Å². The first kappa shape index (κ1) is 12.8. The number of piperidine rings is 1. The maximum Gasteiger partial charge on any atom is 0.225 e. The highest BCUT2D eigenvalue weighted by Gasteiger charge is 2.36. The van der Waals surface area contributed by atoms with Crippen molar-refractivity contribution in [2.75, 3.05) is 19.6 Å². The highest BCUT2D eigenvalue weighted by molar-refractivity contribution is 7.10. The van der Waals surface area contributed by atoms with Gasteiger partial charge >= 0.3 is 0 Å². The molecule has 0 aromatic carbocycles. The highest BCUT2D eigenvalue weighted by atomic mass is 32.1. The normalized spacial score (nSPS) is 24.7. The van der Waals surface area contributed by atoms with Crippen molar-refractivity contribution in [2.45, 2.75) is 44.7 Å². The Labute approximate surface area is 124 Å². The van der Waals surface area contributed by atoms with Crippen molar-refractivity contribution >= 4 is 17.2 Å². The van der Waals surface area contributed by atoms with Gasteiger partial charge in [-0.2, -0.15) is 0 Å². The van der Waals surface area contributed by atoms with Gasteiger partial charge < -0.3 is 4.90 Å². The number of rotatable bonds is 2. The van der Waals surface area contributed by atoms with Gasteiger partial charge in [-0.1, -0.05) is 0 Å². The molecule has 1 saturated heterocycles. The van der Waals surface area contributed by atoms with Crippen molar-refractivity contribution in [3.63, 3.8) is 0 Å². The van der Waals surface area contributed by atoms with Crippen LogP contribution in [0, 0.1) is 5.92 Å². The molecule has 3 aliphatic rings. The van der Waals surface area contributed by atoms with Crippen LogP contribution in [0.15, 0.2) is 11.4 Å². The molecule has 4 heteroatoms. The minimum Gasteiger partial charge on any atom is -0.342 e. The number of carbonyl (C=O) groups is 1. The Morgan fingerprint density at radius 3 is 2.70 bits per heavy atom. The van der Waals surface area contributed by atoms with E-state index in [1.807, 2.05) is 11.3 Å². The Morgan fingerprint density at radius 2 is 1.95 bits per heavy atom. The Hall–Kier alpha value is -0.870. The van der Waals surface area contributed by atoms with Crippen molar-refractivity contribution in [3.05, 3.63) is 21.9 Å². The van der Waals surface area contributed by atoms with Crippen LogP contribution in [0.1, 0.15) is 36.1 Å². The zero-order valence-electron chi connectivity index (χ0n) is 11.9. The standard InChI is InChI=1S/C16H22N2OS/c19-16(12-1-2-12)17-7-3-14(4-8-17)18-9-5-15-13(11-18)6-10-20-15/h6,10,12,14H,1-5,7-9,11H2. The number of hydrogen-bond acceptors (Lipinski definition) is 3. The third-order valence-electron chi connectivity index (χ3n) is 5.06. The average Bonchev–Trinajstić information content (AvgIpc) is 3.24. The third-order valence-corrected chi connectivity index (χ3v) is 6.08. The van der Waals surface area contributed by atoms with Gasteiger partial charge in [0.1, 0.15) is 0 Å². The molecule has 1 aliphatic carbocycles. The smallest absolute Gasteiger partial charge is 0.225 e. The van der Waals surface area contributed by atoms with Crippen LogP contribution in [0.4, 0.5) is 0 Å². The van der Waals surface area contributed by atoms with E-state index in [9.17, 15) is 4.79 Å². The lowest BCUT2D eigenvalue weighted by Crippen LogP contribution is -2.48. The lowest BCUT2D eigenvalue weighted by atomic mass is 9.99. The summed E-state index contributed by atoms with van der Waals surface area (Å²) in [4.78, 5) is 18.4. The monoisotopic (exact) mass is 290 g/mol. The fourth-order valence-electron chi connectivity index (χ4n) is 3.62. The molecule has 1 aromatic rings. The number of hydrogen-bond donors (Lipinski definition) is 0. The van der Waals surface area contributed by atoms with E-state index < -0.39 is 0 Å². The molecule has 0 radical (unpaired) electrons. The molecular formula is C16H22N2OS. The predicted molar refractivity (Wildman–Crippen MR) is 80.8 cm³/mol. The van der Waals surface area contributed by atoms with Crippen LogP contribution >= 0.6 is 11.3 Å². The molecule has 20 heavy (non-hydrogen) atoms. The molecule has 4 rings (SSSR count). The second-order valence-electron chi connectivity index (χ2n) is 6.42. The summed E-state index contributed by atoms with van der Waals surface area (Å²) >= 11 is 1.91. The van der Waals surface area contributed by atoms with Crippen molar-refractivity contribution < 1.29 is 4.79 Å². The molecule has 1 aromatic heterocycles. The molecule has 0 N–H and O–H groups in total. The quantitative estimate of drug-likeness (QED) is 0.835. The Balaban J connectivity index is 1.34. The Morgan fingerprint density at radius 1 is 1.15 bits per heavy atom. The molecule has 3 heterocycles. The number of thiophene rings is 1. The van der Waals surface area contributed by atoms with Crippen LogP contribution in [0.3, 0.4) is 0 Å². The molecule has 3 nitrogen and oxygen atoms in total. The van der Waals surface area contributed by atoms with Gasteiger partial charge in [-0.3, -0.25) is 9.69 Å². The number of fused-ring (bicyclic) bond motifs is 1. The number of carbonyl (C=O) groups excluding carboxylic acids is 1. The third kappa shape index (κ3) is 2.40. The SMILES string of the molecule is O=C(C1CC1)N1CCC(N2CCc3sccc3C2)CC1. The van der Waals surface area contributed by atoms with Gasteiger partial charge in [-0.15, -0.1) is 11.3 Å². The minimum absolute atomic E-state index is 0.384. The summed E-state index contributed by atoms with van der Waals surface area (Å²) in [5.41, 5.74) is 1.54. The second-order valence-corrected chi connectivity index (χ2v) is 7.42. The van der Waals surface area contributed by atoms with Crippen LogP contribution in [0.25, 0.3) is 0 Å². The van der Waals surface area contributed by atoms with Gasteiger partial charge in [0.2, 0.25) is 5.91 Å². The van der Waals surface area contributed by atoms with E-state index in [2.05, 4.69) is 21.2 Å². The first-order valence-corrected chi connectivity index (χ1v) is 8.77. The molecule has 0 atom stereocenters. The molecule has 1 saturated carbocycles. The van der Waals surface area contributed by atoms with E-state index in [1.54, 1.807) is 4.88 Å². The average molecular weight is 290 g/mol. The number of likely N-dealkylation sites (tertiary alicyclic amines) is 1.